The topological polar surface area (TPSA) is 74.7 Å². The number of pyridine rings is 1. The van der Waals surface area contributed by atoms with Gasteiger partial charge in [-0.05, 0) is 30.5 Å². The van der Waals surface area contributed by atoms with E-state index in [4.69, 9.17) is 10.9 Å². The fourth-order valence-electron chi connectivity index (χ4n) is 1.77. The molecule has 0 amide bonds. The van der Waals surface area contributed by atoms with Crippen LogP contribution < -0.4 is 10.6 Å². The molecule has 19 heavy (non-hydrogen) atoms. The summed E-state index contributed by atoms with van der Waals surface area (Å²) in [6.45, 7) is 2.13. The maximum atomic E-state index is 8.69. The van der Waals surface area contributed by atoms with Gasteiger partial charge in [-0.25, -0.2) is 0 Å². The molecule has 1 atom stereocenters. The summed E-state index contributed by atoms with van der Waals surface area (Å²) in [5.74, 6) is 0.0130. The lowest BCUT2D eigenvalue weighted by Gasteiger charge is -2.26. The van der Waals surface area contributed by atoms with Crippen LogP contribution in [0.3, 0.4) is 0 Å². The van der Waals surface area contributed by atoms with E-state index in [1.807, 2.05) is 19.2 Å². The van der Waals surface area contributed by atoms with Gasteiger partial charge in [-0.3, -0.25) is 4.98 Å². The Morgan fingerprint density at radius 1 is 1.53 bits per heavy atom. The summed E-state index contributed by atoms with van der Waals surface area (Å²) in [6, 6.07) is 8.11. The van der Waals surface area contributed by atoms with Crippen molar-refractivity contribution >= 4 is 22.9 Å². The van der Waals surface area contributed by atoms with Gasteiger partial charge >= 0.3 is 0 Å². The first kappa shape index (κ1) is 13.4. The second kappa shape index (κ2) is 5.71. The largest absolute Gasteiger partial charge is 0.409 e. The van der Waals surface area contributed by atoms with Gasteiger partial charge in [-0.15, -0.1) is 11.3 Å². The predicted molar refractivity (Wildman–Crippen MR) is 77.9 cm³/mol. The maximum Gasteiger partial charge on any atom is 0.188 e. The van der Waals surface area contributed by atoms with Gasteiger partial charge in [-0.1, -0.05) is 11.2 Å². The Morgan fingerprint density at radius 2 is 2.32 bits per heavy atom. The maximum absolute atomic E-state index is 8.69. The van der Waals surface area contributed by atoms with Gasteiger partial charge in [0.2, 0.25) is 0 Å². The SMILES string of the molecule is CC(c1cccs1)N(C)c1ccnc(C(N)=NO)c1. The fourth-order valence-corrected chi connectivity index (χ4v) is 2.60. The lowest BCUT2D eigenvalue weighted by atomic mass is 10.2. The molecule has 6 heteroatoms. The molecule has 0 radical (unpaired) electrons. The van der Waals surface area contributed by atoms with E-state index >= 15 is 0 Å². The summed E-state index contributed by atoms with van der Waals surface area (Å²) in [5, 5.41) is 13.7. The number of hydrogen-bond donors (Lipinski definition) is 2. The third kappa shape index (κ3) is 2.85. The van der Waals surface area contributed by atoms with Gasteiger partial charge in [0.15, 0.2) is 5.84 Å². The number of anilines is 1. The lowest BCUT2D eigenvalue weighted by molar-refractivity contribution is 0.318. The first-order valence-corrected chi connectivity index (χ1v) is 6.71. The lowest BCUT2D eigenvalue weighted by Crippen LogP contribution is -2.22. The Hall–Kier alpha value is -2.08. The van der Waals surface area contributed by atoms with Gasteiger partial charge in [-0.2, -0.15) is 0 Å². The summed E-state index contributed by atoms with van der Waals surface area (Å²) in [7, 11) is 2.01. The third-order valence-electron chi connectivity index (χ3n) is 3.06. The first-order chi connectivity index (χ1) is 9.13. The number of hydrogen-bond acceptors (Lipinski definition) is 5. The molecule has 1 unspecified atom stereocenters. The summed E-state index contributed by atoms with van der Waals surface area (Å²) in [5.41, 5.74) is 6.99. The minimum Gasteiger partial charge on any atom is -0.409 e. The number of thiophene rings is 1. The van der Waals surface area contributed by atoms with E-state index in [1.54, 1.807) is 23.6 Å². The average Bonchev–Trinajstić information content (AvgIpc) is 2.99. The first-order valence-electron chi connectivity index (χ1n) is 5.83. The molecule has 0 aliphatic heterocycles. The molecular weight excluding hydrogens is 260 g/mol. The molecule has 0 saturated heterocycles. The Bertz CT molecular complexity index is 568. The zero-order valence-corrected chi connectivity index (χ0v) is 11.6. The average molecular weight is 276 g/mol. The molecule has 0 aliphatic carbocycles. The van der Waals surface area contributed by atoms with Gasteiger partial charge in [0.25, 0.3) is 0 Å². The fraction of sp³-hybridized carbons (Fsp3) is 0.231. The van der Waals surface area contributed by atoms with Crippen LogP contribution in [0.5, 0.6) is 0 Å². The highest BCUT2D eigenvalue weighted by atomic mass is 32.1. The normalized spacial score (nSPS) is 13.3. The van der Waals surface area contributed by atoms with E-state index in [2.05, 4.69) is 33.4 Å². The second-order valence-corrected chi connectivity index (χ2v) is 5.17. The molecule has 0 fully saturated rings. The van der Waals surface area contributed by atoms with E-state index in [-0.39, 0.29) is 11.9 Å². The molecule has 3 N–H and O–H groups in total. The molecule has 0 bridgehead atoms. The highest BCUT2D eigenvalue weighted by Crippen LogP contribution is 2.28. The minimum absolute atomic E-state index is 0.0130. The molecule has 2 aromatic heterocycles. The summed E-state index contributed by atoms with van der Waals surface area (Å²) < 4.78 is 0. The Morgan fingerprint density at radius 3 is 2.95 bits per heavy atom. The van der Waals surface area contributed by atoms with Crippen molar-refractivity contribution in [1.29, 1.82) is 0 Å². The van der Waals surface area contributed by atoms with Crippen molar-refractivity contribution in [2.24, 2.45) is 10.9 Å². The number of nitrogens with zero attached hydrogens (tertiary/aromatic N) is 3. The number of aromatic nitrogens is 1. The molecule has 2 heterocycles. The highest BCUT2D eigenvalue weighted by molar-refractivity contribution is 7.10. The minimum atomic E-state index is 0.0130. The van der Waals surface area contributed by atoms with E-state index in [0.717, 1.165) is 5.69 Å². The number of rotatable bonds is 4. The van der Waals surface area contributed by atoms with Crippen molar-refractivity contribution in [3.05, 3.63) is 46.4 Å². The van der Waals surface area contributed by atoms with Crippen molar-refractivity contribution in [3.8, 4) is 0 Å². The van der Waals surface area contributed by atoms with Crippen molar-refractivity contribution in [3.63, 3.8) is 0 Å². The monoisotopic (exact) mass is 276 g/mol. The smallest absolute Gasteiger partial charge is 0.188 e. The number of nitrogens with two attached hydrogens (primary N) is 1. The Labute approximate surface area is 116 Å². The summed E-state index contributed by atoms with van der Waals surface area (Å²) in [6.07, 6.45) is 1.65. The molecule has 100 valence electrons. The third-order valence-corrected chi connectivity index (χ3v) is 4.10. The van der Waals surface area contributed by atoms with E-state index in [0.29, 0.717) is 5.69 Å². The van der Waals surface area contributed by atoms with Crippen LogP contribution in [0.25, 0.3) is 0 Å². The Kier molecular flexibility index (Phi) is 4.01. The van der Waals surface area contributed by atoms with Gasteiger partial charge in [0.1, 0.15) is 5.69 Å². The van der Waals surface area contributed by atoms with Crippen molar-refractivity contribution in [2.75, 3.05) is 11.9 Å². The van der Waals surface area contributed by atoms with Crippen LogP contribution in [-0.4, -0.2) is 23.1 Å². The summed E-state index contributed by atoms with van der Waals surface area (Å²) in [4.78, 5) is 7.48. The molecule has 0 spiro atoms. The molecule has 5 nitrogen and oxygen atoms in total. The molecular formula is C13H16N4OS. The number of amidine groups is 1. The van der Waals surface area contributed by atoms with Gasteiger partial charge < -0.3 is 15.8 Å². The van der Waals surface area contributed by atoms with E-state index in [9.17, 15) is 0 Å². The molecule has 0 saturated carbocycles. The predicted octanol–water partition coefficient (Wildman–Crippen LogP) is 2.43. The van der Waals surface area contributed by atoms with Crippen LogP contribution >= 0.6 is 11.3 Å². The highest BCUT2D eigenvalue weighted by Gasteiger charge is 2.14. The Balaban J connectivity index is 2.26. The van der Waals surface area contributed by atoms with Crippen molar-refractivity contribution in [2.45, 2.75) is 13.0 Å². The van der Waals surface area contributed by atoms with E-state index in [1.165, 1.54) is 4.88 Å². The molecule has 2 rings (SSSR count). The van der Waals surface area contributed by atoms with Crippen LogP contribution in [0.1, 0.15) is 23.5 Å². The van der Waals surface area contributed by atoms with E-state index < -0.39 is 0 Å². The summed E-state index contributed by atoms with van der Waals surface area (Å²) >= 11 is 1.72. The molecule has 2 aromatic rings. The van der Waals surface area contributed by atoms with Crippen LogP contribution in [0.4, 0.5) is 5.69 Å². The quantitative estimate of drug-likeness (QED) is 0.389. The zero-order valence-electron chi connectivity index (χ0n) is 10.8. The standard InChI is InChI=1S/C13H16N4OS/c1-9(12-4-3-7-19-12)17(2)10-5-6-15-11(8-10)13(14)16-18/h3-9,18H,1-2H3,(H2,14,16). The van der Waals surface area contributed by atoms with Crippen LogP contribution in [0.15, 0.2) is 41.0 Å². The zero-order chi connectivity index (χ0) is 13.8. The van der Waals surface area contributed by atoms with Crippen molar-refractivity contribution in [1.82, 2.24) is 4.98 Å². The van der Waals surface area contributed by atoms with Crippen molar-refractivity contribution < 1.29 is 5.21 Å². The van der Waals surface area contributed by atoms with Crippen LogP contribution in [0, 0.1) is 0 Å². The van der Waals surface area contributed by atoms with Gasteiger partial charge in [0, 0.05) is 23.8 Å². The van der Waals surface area contributed by atoms with Crippen LogP contribution in [-0.2, 0) is 0 Å². The van der Waals surface area contributed by atoms with Crippen LogP contribution in [0.2, 0.25) is 0 Å². The second-order valence-electron chi connectivity index (χ2n) is 4.19. The molecule has 0 aliphatic rings. The number of oxime groups is 1. The van der Waals surface area contributed by atoms with Gasteiger partial charge in [0.05, 0.1) is 6.04 Å². The molecule has 0 aromatic carbocycles.